The molecule has 8 nitrogen and oxygen atoms in total. The third-order valence-electron chi connectivity index (χ3n) is 6.08. The summed E-state index contributed by atoms with van der Waals surface area (Å²) in [5.74, 6) is 1.22. The van der Waals surface area contributed by atoms with Crippen molar-refractivity contribution in [1.29, 1.82) is 0 Å². The van der Waals surface area contributed by atoms with Crippen LogP contribution >= 0.6 is 0 Å². The van der Waals surface area contributed by atoms with Crippen molar-refractivity contribution in [2.24, 2.45) is 4.99 Å². The molecule has 2 rings (SSSR count). The van der Waals surface area contributed by atoms with Gasteiger partial charge in [0.05, 0.1) is 25.8 Å². The Kier molecular flexibility index (Phi) is 13.3. The van der Waals surface area contributed by atoms with Gasteiger partial charge < -0.3 is 18.2 Å². The van der Waals surface area contributed by atoms with Crippen molar-refractivity contribution in [2.45, 2.75) is 66.3 Å². The van der Waals surface area contributed by atoms with Gasteiger partial charge in [0.2, 0.25) is 0 Å². The van der Waals surface area contributed by atoms with Crippen molar-refractivity contribution in [3.63, 3.8) is 0 Å². The molecule has 2 heterocycles. The molecule has 0 aromatic heterocycles. The molecule has 0 unspecified atom stereocenters. The van der Waals surface area contributed by atoms with Gasteiger partial charge in [0.25, 0.3) is 0 Å². The molecule has 0 aliphatic carbocycles. The highest BCUT2D eigenvalue weighted by molar-refractivity contribution is 6.60. The molecule has 0 spiro atoms. The highest BCUT2D eigenvalue weighted by atomic mass is 28.4. The zero-order chi connectivity index (χ0) is 23.2. The predicted molar refractivity (Wildman–Crippen MR) is 134 cm³/mol. The Morgan fingerprint density at radius 3 is 1.88 bits per heavy atom. The Hall–Kier alpha value is -0.553. The molecule has 1 fully saturated rings. The molecule has 1 saturated heterocycles. The van der Waals surface area contributed by atoms with Crippen LogP contribution in [0.1, 0.15) is 60.3 Å². The molecule has 0 bridgehead atoms. The van der Waals surface area contributed by atoms with E-state index in [0.29, 0.717) is 19.8 Å². The smallest absolute Gasteiger partial charge is 0.374 e. The summed E-state index contributed by atoms with van der Waals surface area (Å²) in [5.41, 5.74) is 0. The van der Waals surface area contributed by atoms with Gasteiger partial charge in [-0.25, -0.2) is 0 Å². The fraction of sp³-hybridized carbons (Fsp3) is 0.957. The van der Waals surface area contributed by atoms with Gasteiger partial charge in [-0.15, -0.1) is 0 Å². The molecule has 2 aliphatic rings. The first-order chi connectivity index (χ1) is 15.6. The van der Waals surface area contributed by atoms with Gasteiger partial charge >= 0.3 is 8.80 Å². The average Bonchev–Trinajstić information content (AvgIpc) is 2.76. The van der Waals surface area contributed by atoms with Crippen molar-refractivity contribution >= 4 is 14.6 Å². The molecule has 0 atom stereocenters. The van der Waals surface area contributed by atoms with Crippen LogP contribution in [-0.4, -0.2) is 113 Å². The number of hydrogen-bond acceptors (Lipinski definition) is 8. The van der Waals surface area contributed by atoms with Crippen LogP contribution in [0.5, 0.6) is 0 Å². The molecule has 0 aromatic carbocycles. The van der Waals surface area contributed by atoms with E-state index in [-0.39, 0.29) is 0 Å². The Morgan fingerprint density at radius 1 is 0.781 bits per heavy atom. The van der Waals surface area contributed by atoms with Crippen LogP contribution in [0.2, 0.25) is 6.04 Å². The van der Waals surface area contributed by atoms with Crippen LogP contribution < -0.4 is 0 Å². The van der Waals surface area contributed by atoms with Gasteiger partial charge in [-0.05, 0) is 53.4 Å². The number of nitrogens with zero attached hydrogens (tertiary/aromatic N) is 5. The Labute approximate surface area is 198 Å². The lowest BCUT2D eigenvalue weighted by Crippen LogP contribution is -2.55. The van der Waals surface area contributed by atoms with Gasteiger partial charge in [-0.3, -0.25) is 19.7 Å². The molecule has 32 heavy (non-hydrogen) atoms. The van der Waals surface area contributed by atoms with Gasteiger partial charge in [-0.1, -0.05) is 6.92 Å². The quantitative estimate of drug-likeness (QED) is 0.321. The van der Waals surface area contributed by atoms with Crippen LogP contribution in [0, 0.1) is 0 Å². The predicted octanol–water partition coefficient (Wildman–Crippen LogP) is 3.14. The fourth-order valence-corrected chi connectivity index (χ4v) is 7.36. The molecule has 0 aromatic rings. The Bertz CT molecular complexity index is 523. The van der Waals surface area contributed by atoms with Crippen LogP contribution in [0.4, 0.5) is 0 Å². The summed E-state index contributed by atoms with van der Waals surface area (Å²) in [4.78, 5) is 14.8. The normalized spacial score (nSPS) is 19.5. The molecule has 9 heteroatoms. The second-order valence-electron chi connectivity index (χ2n) is 8.82. The number of rotatable bonds is 16. The number of aliphatic imine (C=N–C) groups is 1. The first-order valence-corrected chi connectivity index (χ1v) is 14.8. The van der Waals surface area contributed by atoms with Gasteiger partial charge in [0.1, 0.15) is 0 Å². The minimum Gasteiger partial charge on any atom is -0.374 e. The van der Waals surface area contributed by atoms with E-state index >= 15 is 0 Å². The van der Waals surface area contributed by atoms with Crippen molar-refractivity contribution in [3.05, 3.63) is 0 Å². The van der Waals surface area contributed by atoms with Crippen molar-refractivity contribution in [2.75, 3.05) is 79.1 Å². The van der Waals surface area contributed by atoms with Crippen molar-refractivity contribution in [1.82, 2.24) is 19.6 Å². The zero-order valence-corrected chi connectivity index (χ0v) is 22.5. The Morgan fingerprint density at radius 2 is 1.34 bits per heavy atom. The lowest BCUT2D eigenvalue weighted by Gasteiger charge is -2.43. The molecular formula is C23H49N5O3Si. The first-order valence-electron chi connectivity index (χ1n) is 12.9. The van der Waals surface area contributed by atoms with Crippen molar-refractivity contribution in [3.8, 4) is 0 Å². The molecule has 0 N–H and O–H groups in total. The van der Waals surface area contributed by atoms with Crippen LogP contribution in [-0.2, 0) is 13.3 Å². The molecular weight excluding hydrogens is 422 g/mol. The lowest BCUT2D eigenvalue weighted by molar-refractivity contribution is -0.0306. The Balaban J connectivity index is 1.83. The maximum Gasteiger partial charge on any atom is 0.500 e. The topological polar surface area (TPSA) is 53.0 Å². The molecule has 0 radical (unpaired) electrons. The van der Waals surface area contributed by atoms with Gasteiger partial charge in [-0.2, -0.15) is 0 Å². The second kappa shape index (κ2) is 15.4. The van der Waals surface area contributed by atoms with E-state index in [1.54, 1.807) is 0 Å². The first kappa shape index (κ1) is 27.7. The highest BCUT2D eigenvalue weighted by Crippen LogP contribution is 2.19. The minimum absolute atomic E-state index is 0.648. The summed E-state index contributed by atoms with van der Waals surface area (Å²) in [6.07, 6.45) is 4.62. The van der Waals surface area contributed by atoms with E-state index < -0.39 is 8.80 Å². The minimum atomic E-state index is -2.55. The van der Waals surface area contributed by atoms with Crippen molar-refractivity contribution < 1.29 is 13.3 Å². The lowest BCUT2D eigenvalue weighted by atomic mass is 10.2. The van der Waals surface area contributed by atoms with Gasteiger partial charge in [0, 0.05) is 65.1 Å². The highest BCUT2D eigenvalue weighted by Gasteiger charge is 2.40. The van der Waals surface area contributed by atoms with Crippen LogP contribution in [0.3, 0.4) is 0 Å². The summed E-state index contributed by atoms with van der Waals surface area (Å²) in [6, 6.07) is 0.889. The maximum absolute atomic E-state index is 6.04. The third kappa shape index (κ3) is 9.36. The van der Waals surface area contributed by atoms with E-state index in [1.165, 1.54) is 25.1 Å². The fourth-order valence-electron chi connectivity index (χ4n) is 4.77. The van der Waals surface area contributed by atoms with E-state index in [1.807, 2.05) is 20.8 Å². The largest absolute Gasteiger partial charge is 0.500 e. The standard InChI is InChI=1S/C23H49N5O3Si/c1-6-14-25-20-26(15-11-18-28-17-10-13-24-23(28)5)22-27(21-25)16-12-19-32(29-7-2,30-8-3)31-9-4/h6-22H2,1-5H3. The second-order valence-corrected chi connectivity index (χ2v) is 11.5. The molecule has 0 amide bonds. The molecule has 2 aliphatic heterocycles. The van der Waals surface area contributed by atoms with Crippen LogP contribution in [0.15, 0.2) is 4.99 Å². The summed E-state index contributed by atoms with van der Waals surface area (Å²) in [5, 5.41) is 0. The monoisotopic (exact) mass is 471 g/mol. The zero-order valence-electron chi connectivity index (χ0n) is 21.5. The maximum atomic E-state index is 6.04. The third-order valence-corrected chi connectivity index (χ3v) is 9.23. The van der Waals surface area contributed by atoms with E-state index in [4.69, 9.17) is 13.3 Å². The van der Waals surface area contributed by atoms with Gasteiger partial charge in [0.15, 0.2) is 0 Å². The number of hydrogen-bond donors (Lipinski definition) is 0. The van der Waals surface area contributed by atoms with E-state index in [0.717, 1.165) is 71.7 Å². The molecule has 188 valence electrons. The SMILES string of the molecule is CCCN1CN(CCCN2CCCN=C2C)CN(CCC[Si](OCC)(OCC)OCC)C1. The average molecular weight is 472 g/mol. The summed E-state index contributed by atoms with van der Waals surface area (Å²) in [6.45, 7) is 22.2. The number of amidine groups is 1. The molecule has 0 saturated carbocycles. The summed E-state index contributed by atoms with van der Waals surface area (Å²) in [7, 11) is -2.55. The summed E-state index contributed by atoms with van der Waals surface area (Å²) >= 11 is 0. The van der Waals surface area contributed by atoms with Crippen LogP contribution in [0.25, 0.3) is 0 Å². The van der Waals surface area contributed by atoms with E-state index in [9.17, 15) is 0 Å². The summed E-state index contributed by atoms with van der Waals surface area (Å²) < 4.78 is 18.1. The van der Waals surface area contributed by atoms with E-state index in [2.05, 4.69) is 38.4 Å².